The maximum Gasteiger partial charge on any atom is 0.214 e. The third kappa shape index (κ3) is 1.57. The Hall–Kier alpha value is -1.89. The smallest absolute Gasteiger partial charge is 0.214 e. The predicted octanol–water partition coefficient (Wildman–Crippen LogP) is 0.318. The maximum atomic E-state index is 11.6. The van der Waals surface area contributed by atoms with Crippen LogP contribution >= 0.6 is 12.2 Å². The zero-order chi connectivity index (χ0) is 11.0. The first kappa shape index (κ1) is 9.66. The number of hydrogen-bond acceptors (Lipinski definition) is 4. The highest BCUT2D eigenvalue weighted by atomic mass is 32.1. The molecular formula is C8H9N5OS. The maximum absolute atomic E-state index is 11.6. The molecular weight excluding hydrogens is 214 g/mol. The van der Waals surface area contributed by atoms with Crippen LogP contribution < -0.4 is 11.3 Å². The number of aromatic nitrogens is 4. The van der Waals surface area contributed by atoms with Crippen molar-refractivity contribution in [2.75, 3.05) is 5.84 Å². The number of aryl methyl sites for hydroxylation is 1. The van der Waals surface area contributed by atoms with Gasteiger partial charge in [0.2, 0.25) is 4.77 Å². The number of aromatic amines is 2. The van der Waals surface area contributed by atoms with Gasteiger partial charge >= 0.3 is 0 Å². The second-order valence-corrected chi connectivity index (χ2v) is 3.50. The fourth-order valence-corrected chi connectivity index (χ4v) is 1.37. The molecule has 0 aliphatic heterocycles. The third-order valence-corrected chi connectivity index (χ3v) is 2.29. The molecule has 0 saturated carbocycles. The monoisotopic (exact) mass is 223 g/mol. The third-order valence-electron chi connectivity index (χ3n) is 2.00. The number of hydrogen-bond donors (Lipinski definition) is 3. The van der Waals surface area contributed by atoms with E-state index in [2.05, 4.69) is 15.2 Å². The van der Waals surface area contributed by atoms with E-state index in [1.807, 2.05) is 0 Å². The molecule has 2 heterocycles. The summed E-state index contributed by atoms with van der Waals surface area (Å²) in [6.45, 7) is 1.80. The molecule has 6 nitrogen and oxygen atoms in total. The average molecular weight is 223 g/mol. The van der Waals surface area contributed by atoms with Crippen molar-refractivity contribution in [3.63, 3.8) is 0 Å². The molecule has 0 amide bonds. The number of rotatable bonds is 1. The molecule has 0 aromatic carbocycles. The molecule has 0 radical (unpaired) electrons. The van der Waals surface area contributed by atoms with E-state index < -0.39 is 0 Å². The van der Waals surface area contributed by atoms with Crippen molar-refractivity contribution in [1.29, 1.82) is 0 Å². The Kier molecular flexibility index (Phi) is 2.16. The van der Waals surface area contributed by atoms with Gasteiger partial charge in [0.1, 0.15) is 0 Å². The van der Waals surface area contributed by atoms with Crippen molar-refractivity contribution < 1.29 is 0 Å². The number of nitrogens with zero attached hydrogens (tertiary/aromatic N) is 2. The van der Waals surface area contributed by atoms with Gasteiger partial charge in [0.05, 0.1) is 5.56 Å². The van der Waals surface area contributed by atoms with Crippen LogP contribution in [0.2, 0.25) is 0 Å². The van der Waals surface area contributed by atoms with Crippen LogP contribution in [0.1, 0.15) is 5.69 Å². The Labute approximate surface area is 89.7 Å². The number of nitrogens with two attached hydrogens (primary N) is 1. The van der Waals surface area contributed by atoms with Gasteiger partial charge in [0.25, 0.3) is 0 Å². The van der Waals surface area contributed by atoms with E-state index >= 15 is 0 Å². The second-order valence-electron chi connectivity index (χ2n) is 3.12. The van der Waals surface area contributed by atoms with Gasteiger partial charge in [-0.05, 0) is 19.1 Å². The molecule has 0 aliphatic rings. The summed E-state index contributed by atoms with van der Waals surface area (Å²) in [6.07, 6.45) is 1.56. The Morgan fingerprint density at radius 2 is 2.33 bits per heavy atom. The van der Waals surface area contributed by atoms with Crippen LogP contribution in [0.4, 0.5) is 0 Å². The van der Waals surface area contributed by atoms with Crippen molar-refractivity contribution in [3.8, 4) is 11.4 Å². The van der Waals surface area contributed by atoms with Crippen LogP contribution in [0, 0.1) is 11.7 Å². The van der Waals surface area contributed by atoms with E-state index in [1.165, 1.54) is 6.07 Å². The summed E-state index contributed by atoms with van der Waals surface area (Å²) in [5.41, 5.74) is 1.02. The van der Waals surface area contributed by atoms with E-state index in [-0.39, 0.29) is 10.2 Å². The lowest BCUT2D eigenvalue weighted by Crippen LogP contribution is -2.14. The summed E-state index contributed by atoms with van der Waals surface area (Å²) in [4.78, 5) is 14.5. The van der Waals surface area contributed by atoms with E-state index in [4.69, 9.17) is 18.1 Å². The molecule has 0 atom stereocenters. The van der Waals surface area contributed by atoms with Crippen LogP contribution in [0.15, 0.2) is 17.1 Å². The standard InChI is InChI=1S/C8H9N5OS/c1-4-2-6(14)5(3-10-4)7-11-12-8(15)13(7)9/h2-3H,9H2,1H3,(H,10,14)(H,12,15). The molecule has 7 heteroatoms. The van der Waals surface area contributed by atoms with Gasteiger partial charge < -0.3 is 10.8 Å². The quantitative estimate of drug-likeness (QED) is 0.479. The zero-order valence-corrected chi connectivity index (χ0v) is 8.76. The number of nitrogen functional groups attached to an aromatic ring is 1. The molecule has 0 unspecified atom stereocenters. The second kappa shape index (κ2) is 3.35. The van der Waals surface area contributed by atoms with E-state index in [9.17, 15) is 4.79 Å². The van der Waals surface area contributed by atoms with Crippen molar-refractivity contribution in [2.45, 2.75) is 6.92 Å². The van der Waals surface area contributed by atoms with E-state index in [0.717, 1.165) is 10.4 Å². The molecule has 2 aromatic heterocycles. The minimum absolute atomic E-state index is 0.146. The zero-order valence-electron chi connectivity index (χ0n) is 7.94. The van der Waals surface area contributed by atoms with Crippen molar-refractivity contribution in [2.24, 2.45) is 0 Å². The van der Waals surface area contributed by atoms with E-state index in [1.54, 1.807) is 13.1 Å². The van der Waals surface area contributed by atoms with Gasteiger partial charge in [0, 0.05) is 18.0 Å². The molecule has 0 fully saturated rings. The highest BCUT2D eigenvalue weighted by Crippen LogP contribution is 2.08. The largest absolute Gasteiger partial charge is 0.364 e. The lowest BCUT2D eigenvalue weighted by atomic mass is 10.2. The Morgan fingerprint density at radius 1 is 1.60 bits per heavy atom. The van der Waals surface area contributed by atoms with Gasteiger partial charge in [-0.2, -0.15) is 5.10 Å². The molecule has 0 spiro atoms. The van der Waals surface area contributed by atoms with E-state index in [0.29, 0.717) is 11.4 Å². The molecule has 4 N–H and O–H groups in total. The normalized spacial score (nSPS) is 10.5. The Bertz CT molecular complexity index is 608. The molecule has 78 valence electrons. The van der Waals surface area contributed by atoms with Gasteiger partial charge in [-0.15, -0.1) is 0 Å². The van der Waals surface area contributed by atoms with Crippen LogP contribution in [0.5, 0.6) is 0 Å². The molecule has 0 saturated heterocycles. The van der Waals surface area contributed by atoms with Crippen molar-refractivity contribution >= 4 is 12.2 Å². The topological polar surface area (TPSA) is 92.5 Å². The first-order valence-electron chi connectivity index (χ1n) is 4.22. The van der Waals surface area contributed by atoms with Crippen LogP contribution in [-0.2, 0) is 0 Å². The number of H-pyrrole nitrogens is 2. The van der Waals surface area contributed by atoms with Crippen LogP contribution in [-0.4, -0.2) is 19.9 Å². The lowest BCUT2D eigenvalue weighted by molar-refractivity contribution is 0.980. The van der Waals surface area contributed by atoms with Gasteiger partial charge in [-0.25, -0.2) is 9.77 Å². The number of nitrogens with one attached hydrogen (secondary N) is 2. The van der Waals surface area contributed by atoms with Gasteiger partial charge in [-0.1, -0.05) is 0 Å². The van der Waals surface area contributed by atoms with Crippen molar-refractivity contribution in [1.82, 2.24) is 19.9 Å². The Morgan fingerprint density at radius 3 is 2.87 bits per heavy atom. The minimum atomic E-state index is -0.146. The minimum Gasteiger partial charge on any atom is -0.364 e. The molecule has 0 bridgehead atoms. The summed E-state index contributed by atoms with van der Waals surface area (Å²) >= 11 is 4.85. The summed E-state index contributed by atoms with van der Waals surface area (Å²) in [6, 6.07) is 1.48. The summed E-state index contributed by atoms with van der Waals surface area (Å²) < 4.78 is 1.43. The molecule has 0 aliphatic carbocycles. The summed E-state index contributed by atoms with van der Waals surface area (Å²) in [5, 5.41) is 6.39. The van der Waals surface area contributed by atoms with Gasteiger partial charge in [-0.3, -0.25) is 4.79 Å². The van der Waals surface area contributed by atoms with Crippen LogP contribution in [0.25, 0.3) is 11.4 Å². The fraction of sp³-hybridized carbons (Fsp3) is 0.125. The van der Waals surface area contributed by atoms with Gasteiger partial charge in [0.15, 0.2) is 11.3 Å². The molecule has 15 heavy (non-hydrogen) atoms. The fourth-order valence-electron chi connectivity index (χ4n) is 1.24. The number of pyridine rings is 1. The van der Waals surface area contributed by atoms with Crippen molar-refractivity contribution in [3.05, 3.63) is 33.0 Å². The first-order chi connectivity index (χ1) is 7.09. The average Bonchev–Trinajstić information content (AvgIpc) is 2.49. The lowest BCUT2D eigenvalue weighted by Gasteiger charge is -1.99. The molecule has 2 rings (SSSR count). The summed E-state index contributed by atoms with van der Waals surface area (Å²) in [5.74, 6) is 5.93. The highest BCUT2D eigenvalue weighted by Gasteiger charge is 2.09. The van der Waals surface area contributed by atoms with Crippen LogP contribution in [0.3, 0.4) is 0 Å². The Balaban J connectivity index is 2.70. The SMILES string of the molecule is Cc1cc(=O)c(-c2n[nH]c(=S)n2N)c[nH]1. The first-order valence-corrected chi connectivity index (χ1v) is 4.62. The summed E-state index contributed by atoms with van der Waals surface area (Å²) in [7, 11) is 0. The highest BCUT2D eigenvalue weighted by molar-refractivity contribution is 7.71. The molecule has 2 aromatic rings. The predicted molar refractivity (Wildman–Crippen MR) is 58.4 cm³/mol.